The number of hydrogen-bond donors (Lipinski definition) is 0. The Morgan fingerprint density at radius 2 is 2.00 bits per heavy atom. The van der Waals surface area contributed by atoms with E-state index < -0.39 is 0 Å². The fraction of sp³-hybridized carbons (Fsp3) is 0.600. The van der Waals surface area contributed by atoms with Crippen LogP contribution in [0.4, 0.5) is 4.39 Å². The van der Waals surface area contributed by atoms with Crippen LogP contribution in [0.25, 0.3) is 0 Å². The molecule has 2 aliphatic heterocycles. The van der Waals surface area contributed by atoms with Crippen LogP contribution in [0.2, 0.25) is 0 Å². The molecule has 0 saturated carbocycles. The monoisotopic (exact) mass is 326 g/mol. The smallest absolute Gasteiger partial charge is 0.137 e. The molecule has 1 aromatic carbocycles. The first-order valence-corrected chi connectivity index (χ1v) is 7.92. The molecule has 2 heterocycles. The Morgan fingerprint density at radius 1 is 1.21 bits per heavy atom. The zero-order chi connectivity index (χ0) is 13.2. The molecule has 2 aliphatic rings. The Balaban J connectivity index is 1.60. The second-order valence-electron chi connectivity index (χ2n) is 5.63. The molecule has 1 atom stereocenters. The molecule has 0 spiro atoms. The van der Waals surface area contributed by atoms with Crippen LogP contribution >= 0.6 is 15.9 Å². The lowest BCUT2D eigenvalue weighted by molar-refractivity contribution is 0.229. The molecule has 0 amide bonds. The van der Waals surface area contributed by atoms with Crippen LogP contribution in [0.5, 0.6) is 0 Å². The van der Waals surface area contributed by atoms with E-state index in [1.165, 1.54) is 38.4 Å². The Morgan fingerprint density at radius 3 is 2.79 bits per heavy atom. The molecule has 4 heteroatoms. The molecular weight excluding hydrogens is 307 g/mol. The average molecular weight is 327 g/mol. The lowest BCUT2D eigenvalue weighted by atomic mass is 10.2. The van der Waals surface area contributed by atoms with Gasteiger partial charge in [-0.15, -0.1) is 0 Å². The van der Waals surface area contributed by atoms with E-state index in [1.54, 1.807) is 6.07 Å². The molecule has 3 rings (SSSR count). The average Bonchev–Trinajstić information content (AvgIpc) is 3.05. The minimum atomic E-state index is -0.159. The van der Waals surface area contributed by atoms with Crippen molar-refractivity contribution in [2.75, 3.05) is 26.2 Å². The van der Waals surface area contributed by atoms with Gasteiger partial charge in [-0.2, -0.15) is 0 Å². The predicted octanol–water partition coefficient (Wildman–Crippen LogP) is 3.26. The van der Waals surface area contributed by atoms with Gasteiger partial charge in [0.25, 0.3) is 0 Å². The van der Waals surface area contributed by atoms with E-state index in [4.69, 9.17) is 0 Å². The lowest BCUT2D eigenvalue weighted by Gasteiger charge is -2.24. The second kappa shape index (κ2) is 5.90. The summed E-state index contributed by atoms with van der Waals surface area (Å²) in [6.07, 6.45) is 3.96. The van der Waals surface area contributed by atoms with Gasteiger partial charge >= 0.3 is 0 Å². The molecule has 0 aromatic heterocycles. The minimum absolute atomic E-state index is 0.159. The fourth-order valence-electron chi connectivity index (χ4n) is 3.27. The van der Waals surface area contributed by atoms with E-state index in [-0.39, 0.29) is 5.82 Å². The second-order valence-corrected chi connectivity index (χ2v) is 6.43. The van der Waals surface area contributed by atoms with Crippen molar-refractivity contribution in [3.63, 3.8) is 0 Å². The first-order valence-electron chi connectivity index (χ1n) is 7.13. The van der Waals surface area contributed by atoms with E-state index in [2.05, 4.69) is 25.7 Å². The molecule has 1 aromatic rings. The van der Waals surface area contributed by atoms with Crippen molar-refractivity contribution in [1.82, 2.24) is 9.80 Å². The summed E-state index contributed by atoms with van der Waals surface area (Å²) in [7, 11) is 0. The summed E-state index contributed by atoms with van der Waals surface area (Å²) < 4.78 is 14.1. The first-order chi connectivity index (χ1) is 9.24. The molecule has 19 heavy (non-hydrogen) atoms. The molecule has 2 saturated heterocycles. The number of benzene rings is 1. The third-order valence-corrected chi connectivity index (χ3v) is 5.22. The van der Waals surface area contributed by atoms with Crippen molar-refractivity contribution >= 4 is 15.9 Å². The maximum absolute atomic E-state index is 13.5. The fourth-order valence-corrected chi connectivity index (χ4v) is 3.66. The van der Waals surface area contributed by atoms with Crippen LogP contribution in [0, 0.1) is 5.82 Å². The van der Waals surface area contributed by atoms with Gasteiger partial charge in [0.15, 0.2) is 0 Å². The lowest BCUT2D eigenvalue weighted by Crippen LogP contribution is -2.35. The van der Waals surface area contributed by atoms with Crippen molar-refractivity contribution in [3.8, 4) is 0 Å². The summed E-state index contributed by atoms with van der Waals surface area (Å²) in [5.74, 6) is -0.159. The van der Waals surface area contributed by atoms with E-state index >= 15 is 0 Å². The zero-order valence-electron chi connectivity index (χ0n) is 11.1. The summed E-state index contributed by atoms with van der Waals surface area (Å²) in [5.41, 5.74) is 1.06. The van der Waals surface area contributed by atoms with Gasteiger partial charge in [0.05, 0.1) is 4.47 Å². The third kappa shape index (κ3) is 3.01. The summed E-state index contributed by atoms with van der Waals surface area (Å²) >= 11 is 3.36. The summed E-state index contributed by atoms with van der Waals surface area (Å²) in [6, 6.07) is 6.03. The molecule has 2 nitrogen and oxygen atoms in total. The van der Waals surface area contributed by atoms with Gasteiger partial charge in [-0.1, -0.05) is 12.1 Å². The maximum Gasteiger partial charge on any atom is 0.137 e. The number of likely N-dealkylation sites (tertiary alicyclic amines) is 2. The number of nitrogens with zero attached hydrogens (tertiary/aromatic N) is 2. The van der Waals surface area contributed by atoms with E-state index in [1.807, 2.05) is 6.07 Å². The van der Waals surface area contributed by atoms with Crippen molar-refractivity contribution in [2.45, 2.75) is 31.8 Å². The summed E-state index contributed by atoms with van der Waals surface area (Å²) in [4.78, 5) is 5.07. The first kappa shape index (κ1) is 13.5. The molecule has 0 bridgehead atoms. The highest BCUT2D eigenvalue weighted by molar-refractivity contribution is 9.10. The third-order valence-electron chi connectivity index (χ3n) is 4.33. The largest absolute Gasteiger partial charge is 0.299 e. The van der Waals surface area contributed by atoms with Crippen LogP contribution < -0.4 is 0 Å². The highest BCUT2D eigenvalue weighted by atomic mass is 79.9. The van der Waals surface area contributed by atoms with Gasteiger partial charge in [0.2, 0.25) is 0 Å². The normalized spacial score (nSPS) is 25.3. The van der Waals surface area contributed by atoms with Gasteiger partial charge < -0.3 is 0 Å². The molecular formula is C15H20BrFN2. The molecule has 0 radical (unpaired) electrons. The number of halogens is 2. The van der Waals surface area contributed by atoms with Crippen molar-refractivity contribution in [3.05, 3.63) is 34.1 Å². The molecule has 2 fully saturated rings. The van der Waals surface area contributed by atoms with Gasteiger partial charge in [-0.3, -0.25) is 9.80 Å². The Labute approximate surface area is 122 Å². The Kier molecular flexibility index (Phi) is 4.20. The predicted molar refractivity (Wildman–Crippen MR) is 78.6 cm³/mol. The summed E-state index contributed by atoms with van der Waals surface area (Å²) in [5, 5.41) is 0. The van der Waals surface area contributed by atoms with Gasteiger partial charge in [0, 0.05) is 25.7 Å². The molecule has 1 unspecified atom stereocenters. The molecule has 104 valence electrons. The van der Waals surface area contributed by atoms with Crippen molar-refractivity contribution in [2.24, 2.45) is 0 Å². The van der Waals surface area contributed by atoms with Crippen LogP contribution in [-0.2, 0) is 6.54 Å². The van der Waals surface area contributed by atoms with Crippen LogP contribution in [-0.4, -0.2) is 42.0 Å². The van der Waals surface area contributed by atoms with Gasteiger partial charge in [-0.05, 0) is 59.9 Å². The quantitative estimate of drug-likeness (QED) is 0.841. The van der Waals surface area contributed by atoms with Crippen LogP contribution in [0.1, 0.15) is 24.8 Å². The molecule has 0 aliphatic carbocycles. The van der Waals surface area contributed by atoms with Gasteiger partial charge in [0.1, 0.15) is 5.82 Å². The van der Waals surface area contributed by atoms with Crippen LogP contribution in [0.15, 0.2) is 22.7 Å². The van der Waals surface area contributed by atoms with E-state index in [0.29, 0.717) is 4.47 Å². The highest BCUT2D eigenvalue weighted by Gasteiger charge is 2.29. The topological polar surface area (TPSA) is 6.48 Å². The minimum Gasteiger partial charge on any atom is -0.299 e. The Hall–Kier alpha value is -0.450. The molecule has 0 N–H and O–H groups in total. The standard InChI is InChI=1S/C15H20BrFN2/c16-15-12(4-3-5-14(15)17)10-18-9-6-13(11-18)19-7-1-2-8-19/h3-5,13H,1-2,6-11H2. The maximum atomic E-state index is 13.5. The zero-order valence-corrected chi connectivity index (χ0v) is 12.7. The van der Waals surface area contributed by atoms with Gasteiger partial charge in [-0.25, -0.2) is 4.39 Å². The SMILES string of the molecule is Fc1cccc(CN2CCC(N3CCCC3)C2)c1Br. The van der Waals surface area contributed by atoms with Crippen molar-refractivity contribution < 1.29 is 4.39 Å². The van der Waals surface area contributed by atoms with Crippen LogP contribution in [0.3, 0.4) is 0 Å². The Bertz CT molecular complexity index is 446. The highest BCUT2D eigenvalue weighted by Crippen LogP contribution is 2.25. The number of rotatable bonds is 3. The van der Waals surface area contributed by atoms with E-state index in [9.17, 15) is 4.39 Å². The van der Waals surface area contributed by atoms with E-state index in [0.717, 1.165) is 31.2 Å². The van der Waals surface area contributed by atoms with Crippen molar-refractivity contribution in [1.29, 1.82) is 0 Å². The summed E-state index contributed by atoms with van der Waals surface area (Å²) in [6.45, 7) is 5.64. The number of hydrogen-bond acceptors (Lipinski definition) is 2.